The highest BCUT2D eigenvalue weighted by Gasteiger charge is 2.00. The largest absolute Gasteiger partial charge is 0.506 e. The molecule has 0 amide bonds. The number of benzene rings is 1. The van der Waals surface area contributed by atoms with Gasteiger partial charge in [-0.3, -0.25) is 0 Å². The van der Waals surface area contributed by atoms with Gasteiger partial charge in [-0.25, -0.2) is 0 Å². The summed E-state index contributed by atoms with van der Waals surface area (Å²) >= 11 is 0. The lowest BCUT2D eigenvalue weighted by Crippen LogP contribution is -1.77. The molecule has 1 aromatic rings. The Labute approximate surface area is 78.4 Å². The summed E-state index contributed by atoms with van der Waals surface area (Å²) < 4.78 is 0. The predicted molar refractivity (Wildman–Crippen MR) is 54.3 cm³/mol. The zero-order chi connectivity index (χ0) is 10.3. The van der Waals surface area contributed by atoms with E-state index in [9.17, 15) is 4.91 Å². The Morgan fingerprint density at radius 2 is 2.00 bits per heavy atom. The van der Waals surface area contributed by atoms with Crippen LogP contribution in [0.2, 0.25) is 0 Å². The van der Waals surface area contributed by atoms with Crippen molar-refractivity contribution in [2.45, 2.75) is 27.2 Å². The third kappa shape index (κ3) is 3.23. The first-order valence-corrected chi connectivity index (χ1v) is 4.43. The maximum atomic E-state index is 10.1. The maximum absolute atomic E-state index is 10.1. The molecular weight excluding hydrogens is 166 g/mol. The average molecular weight is 181 g/mol. The minimum atomic E-state index is -0.0581. The van der Waals surface area contributed by atoms with Crippen molar-refractivity contribution < 1.29 is 5.11 Å². The third-order valence-corrected chi connectivity index (χ3v) is 1.55. The van der Waals surface area contributed by atoms with Crippen LogP contribution < -0.4 is 0 Å². The minimum Gasteiger partial charge on any atom is -0.506 e. The molecule has 0 saturated carbocycles. The highest BCUT2D eigenvalue weighted by Crippen LogP contribution is 2.26. The van der Waals surface area contributed by atoms with E-state index in [0.717, 1.165) is 12.0 Å². The summed E-state index contributed by atoms with van der Waals surface area (Å²) in [6, 6.07) is 4.84. The summed E-state index contributed by atoms with van der Waals surface area (Å²) in [5.41, 5.74) is 1.11. The summed E-state index contributed by atoms with van der Waals surface area (Å²) in [7, 11) is 0. The van der Waals surface area contributed by atoms with Crippen LogP contribution in [0.25, 0.3) is 0 Å². The van der Waals surface area contributed by atoms with Crippen molar-refractivity contribution in [3.05, 3.63) is 28.7 Å². The third-order valence-electron chi connectivity index (χ3n) is 1.55. The molecule has 1 aromatic carbocycles. The Morgan fingerprint density at radius 3 is 2.46 bits per heavy atom. The Morgan fingerprint density at radius 1 is 1.38 bits per heavy atom. The summed E-state index contributed by atoms with van der Waals surface area (Å²) in [4.78, 5) is 10.1. The van der Waals surface area contributed by atoms with Gasteiger partial charge in [0, 0.05) is 0 Å². The number of hydrogen-bond acceptors (Lipinski definition) is 3. The van der Waals surface area contributed by atoms with E-state index in [1.807, 2.05) is 20.8 Å². The molecule has 0 aliphatic heterocycles. The summed E-state index contributed by atoms with van der Waals surface area (Å²) in [6.45, 7) is 5.97. The summed E-state index contributed by atoms with van der Waals surface area (Å²) in [5, 5.41) is 11.7. The molecule has 0 aliphatic rings. The van der Waals surface area contributed by atoms with Crippen molar-refractivity contribution in [1.82, 2.24) is 0 Å². The van der Waals surface area contributed by atoms with Gasteiger partial charge in [-0.1, -0.05) is 26.8 Å². The Kier molecular flexibility index (Phi) is 5.52. The van der Waals surface area contributed by atoms with Crippen LogP contribution in [-0.2, 0) is 6.42 Å². The molecule has 1 rings (SSSR count). The van der Waals surface area contributed by atoms with E-state index in [4.69, 9.17) is 5.11 Å². The van der Waals surface area contributed by atoms with Crippen LogP contribution in [0.4, 0.5) is 5.69 Å². The molecule has 3 heteroatoms. The number of phenolic OH excluding ortho intramolecular Hbond substituents is 1. The van der Waals surface area contributed by atoms with Gasteiger partial charge in [0.1, 0.15) is 11.4 Å². The standard InChI is InChI=1S/C8H9NO2.C2H6/c1-2-6-3-4-8(10)7(5-6)9-11;1-2/h3-5,10H,2H2,1H3;1-2H3. The Hall–Kier alpha value is -1.38. The van der Waals surface area contributed by atoms with Crippen LogP contribution in [0.3, 0.4) is 0 Å². The number of nitrogens with zero attached hydrogens (tertiary/aromatic N) is 1. The molecule has 72 valence electrons. The highest BCUT2D eigenvalue weighted by atomic mass is 16.3. The molecule has 0 aromatic heterocycles. The average Bonchev–Trinajstić information content (AvgIpc) is 2.22. The maximum Gasteiger partial charge on any atom is 0.149 e. The van der Waals surface area contributed by atoms with Crippen LogP contribution in [-0.4, -0.2) is 5.11 Å². The van der Waals surface area contributed by atoms with E-state index in [1.54, 1.807) is 12.1 Å². The first kappa shape index (κ1) is 11.6. The van der Waals surface area contributed by atoms with Crippen LogP contribution in [0.5, 0.6) is 5.75 Å². The molecule has 0 fully saturated rings. The molecule has 1 N–H and O–H groups in total. The molecule has 0 unspecified atom stereocenters. The van der Waals surface area contributed by atoms with Gasteiger partial charge in [0.25, 0.3) is 0 Å². The topological polar surface area (TPSA) is 49.7 Å². The van der Waals surface area contributed by atoms with Crippen molar-refractivity contribution in [3.8, 4) is 5.75 Å². The SMILES string of the molecule is CC.CCc1ccc(O)c(N=O)c1. The molecule has 0 radical (unpaired) electrons. The van der Waals surface area contributed by atoms with Crippen molar-refractivity contribution in [2.24, 2.45) is 5.18 Å². The smallest absolute Gasteiger partial charge is 0.149 e. The number of hydrogen-bond donors (Lipinski definition) is 1. The van der Waals surface area contributed by atoms with E-state index in [-0.39, 0.29) is 11.4 Å². The van der Waals surface area contributed by atoms with Crippen LogP contribution in [0, 0.1) is 4.91 Å². The summed E-state index contributed by atoms with van der Waals surface area (Å²) in [5.74, 6) is -0.0581. The number of rotatable bonds is 2. The zero-order valence-electron chi connectivity index (χ0n) is 8.24. The number of aryl methyl sites for hydroxylation is 1. The second-order valence-corrected chi connectivity index (χ2v) is 2.27. The predicted octanol–water partition coefficient (Wildman–Crippen LogP) is 3.38. The molecular formula is C10H15NO2. The minimum absolute atomic E-state index is 0.0581. The van der Waals surface area contributed by atoms with E-state index >= 15 is 0 Å². The highest BCUT2D eigenvalue weighted by molar-refractivity contribution is 5.52. The van der Waals surface area contributed by atoms with E-state index in [0.29, 0.717) is 0 Å². The monoisotopic (exact) mass is 181 g/mol. The lowest BCUT2D eigenvalue weighted by Gasteiger charge is -1.97. The van der Waals surface area contributed by atoms with Crippen molar-refractivity contribution in [3.63, 3.8) is 0 Å². The Bertz CT molecular complexity index is 272. The fourth-order valence-electron chi connectivity index (χ4n) is 0.862. The van der Waals surface area contributed by atoms with E-state index < -0.39 is 0 Å². The first-order valence-electron chi connectivity index (χ1n) is 4.43. The molecule has 0 aliphatic carbocycles. The Balaban J connectivity index is 0.000000671. The first-order chi connectivity index (χ1) is 6.27. The van der Waals surface area contributed by atoms with E-state index in [2.05, 4.69) is 5.18 Å². The van der Waals surface area contributed by atoms with Crippen LogP contribution in [0.15, 0.2) is 23.4 Å². The van der Waals surface area contributed by atoms with Gasteiger partial charge in [0.2, 0.25) is 0 Å². The number of phenols is 1. The molecule has 0 atom stereocenters. The molecule has 13 heavy (non-hydrogen) atoms. The van der Waals surface area contributed by atoms with Crippen molar-refractivity contribution in [1.29, 1.82) is 0 Å². The van der Waals surface area contributed by atoms with Gasteiger partial charge in [0.05, 0.1) is 0 Å². The lowest BCUT2D eigenvalue weighted by molar-refractivity contribution is 0.476. The molecule has 0 bridgehead atoms. The normalized spacial score (nSPS) is 8.54. The van der Waals surface area contributed by atoms with Gasteiger partial charge in [-0.05, 0) is 29.3 Å². The molecule has 0 spiro atoms. The van der Waals surface area contributed by atoms with Crippen molar-refractivity contribution >= 4 is 5.69 Å². The van der Waals surface area contributed by atoms with Gasteiger partial charge < -0.3 is 5.11 Å². The second kappa shape index (κ2) is 6.17. The molecule has 3 nitrogen and oxygen atoms in total. The van der Waals surface area contributed by atoms with Crippen LogP contribution >= 0.6 is 0 Å². The number of nitroso groups, excluding NO2 is 1. The van der Waals surface area contributed by atoms with Gasteiger partial charge in [0.15, 0.2) is 0 Å². The zero-order valence-corrected chi connectivity index (χ0v) is 8.24. The van der Waals surface area contributed by atoms with E-state index in [1.165, 1.54) is 6.07 Å². The summed E-state index contributed by atoms with van der Waals surface area (Å²) in [6.07, 6.45) is 0.836. The number of aromatic hydroxyl groups is 1. The van der Waals surface area contributed by atoms with Gasteiger partial charge >= 0.3 is 0 Å². The van der Waals surface area contributed by atoms with Gasteiger partial charge in [-0.15, -0.1) is 4.91 Å². The van der Waals surface area contributed by atoms with Gasteiger partial charge in [-0.2, -0.15) is 0 Å². The fourth-order valence-corrected chi connectivity index (χ4v) is 0.862. The second-order valence-electron chi connectivity index (χ2n) is 2.27. The lowest BCUT2D eigenvalue weighted by atomic mass is 10.1. The van der Waals surface area contributed by atoms with Crippen molar-refractivity contribution in [2.75, 3.05) is 0 Å². The fraction of sp³-hybridized carbons (Fsp3) is 0.400. The van der Waals surface area contributed by atoms with Crippen LogP contribution in [0.1, 0.15) is 26.3 Å². The molecule has 0 heterocycles. The molecule has 0 saturated heterocycles. The quantitative estimate of drug-likeness (QED) is 0.711.